The molecule has 0 bridgehead atoms. The highest BCUT2D eigenvalue weighted by Crippen LogP contribution is 2.24. The lowest BCUT2D eigenvalue weighted by atomic mass is 9.98. The number of methoxy groups -OCH3 is 1. The van der Waals surface area contributed by atoms with Crippen molar-refractivity contribution >= 4 is 5.82 Å². The number of aromatic nitrogens is 1. The van der Waals surface area contributed by atoms with E-state index < -0.39 is 0 Å². The molecule has 0 spiro atoms. The second-order valence-corrected chi connectivity index (χ2v) is 4.88. The van der Waals surface area contributed by atoms with Crippen LogP contribution in [-0.2, 0) is 6.42 Å². The van der Waals surface area contributed by atoms with Gasteiger partial charge >= 0.3 is 0 Å². The van der Waals surface area contributed by atoms with E-state index in [1.54, 1.807) is 13.3 Å². The minimum atomic E-state index is 0.149. The maximum absolute atomic E-state index is 5.99. The quantitative estimate of drug-likeness (QED) is 0.877. The van der Waals surface area contributed by atoms with Crippen molar-refractivity contribution < 1.29 is 4.74 Å². The van der Waals surface area contributed by atoms with Crippen LogP contribution in [0.25, 0.3) is 0 Å². The fraction of sp³-hybridized carbons (Fsp3) is 0.312. The van der Waals surface area contributed by atoms with Gasteiger partial charge in [-0.2, -0.15) is 0 Å². The Morgan fingerprint density at radius 3 is 2.60 bits per heavy atom. The highest BCUT2D eigenvalue weighted by atomic mass is 16.5. The van der Waals surface area contributed by atoms with Crippen molar-refractivity contribution in [2.45, 2.75) is 19.4 Å². The molecular formula is C16H21N3O. The van der Waals surface area contributed by atoms with Crippen LogP contribution in [0.5, 0.6) is 5.75 Å². The molecular weight excluding hydrogens is 250 g/mol. The van der Waals surface area contributed by atoms with Crippen LogP contribution in [0.2, 0.25) is 0 Å². The summed E-state index contributed by atoms with van der Waals surface area (Å²) in [5.74, 6) is 1.45. The molecule has 106 valence electrons. The number of likely N-dealkylation sites (N-methyl/N-ethyl adjacent to an activating group) is 1. The fourth-order valence-electron chi connectivity index (χ4n) is 2.25. The van der Waals surface area contributed by atoms with E-state index in [9.17, 15) is 0 Å². The molecule has 0 fully saturated rings. The van der Waals surface area contributed by atoms with E-state index in [1.807, 2.05) is 26.1 Å². The minimum Gasteiger partial charge on any atom is -0.497 e. The molecule has 4 nitrogen and oxygen atoms in total. The number of anilines is 1. The fourth-order valence-corrected chi connectivity index (χ4v) is 2.25. The number of nitrogen functional groups attached to an aromatic ring is 1. The molecule has 2 aromatic rings. The Morgan fingerprint density at radius 2 is 2.00 bits per heavy atom. The first-order valence-electron chi connectivity index (χ1n) is 6.66. The maximum Gasteiger partial charge on any atom is 0.128 e. The summed E-state index contributed by atoms with van der Waals surface area (Å²) in [6.07, 6.45) is 2.65. The smallest absolute Gasteiger partial charge is 0.128 e. The predicted molar refractivity (Wildman–Crippen MR) is 81.9 cm³/mol. The normalized spacial score (nSPS) is 12.2. The van der Waals surface area contributed by atoms with Crippen molar-refractivity contribution in [3.63, 3.8) is 0 Å². The monoisotopic (exact) mass is 271 g/mol. The van der Waals surface area contributed by atoms with Crippen molar-refractivity contribution in [3.05, 3.63) is 53.2 Å². The maximum atomic E-state index is 5.99. The first kappa shape index (κ1) is 14.3. The molecule has 0 amide bonds. The molecule has 0 saturated carbocycles. The molecule has 3 N–H and O–H groups in total. The van der Waals surface area contributed by atoms with Crippen molar-refractivity contribution in [1.82, 2.24) is 10.3 Å². The number of nitrogens with two attached hydrogens (primary N) is 1. The van der Waals surface area contributed by atoms with E-state index in [2.05, 4.69) is 28.5 Å². The summed E-state index contributed by atoms with van der Waals surface area (Å²) in [5, 5.41) is 3.31. The minimum absolute atomic E-state index is 0.149. The number of rotatable bonds is 5. The van der Waals surface area contributed by atoms with Crippen molar-refractivity contribution in [2.75, 3.05) is 19.9 Å². The lowest BCUT2D eigenvalue weighted by molar-refractivity contribution is 0.414. The van der Waals surface area contributed by atoms with Gasteiger partial charge in [-0.25, -0.2) is 4.98 Å². The Labute approximate surface area is 120 Å². The molecule has 0 aliphatic carbocycles. The zero-order chi connectivity index (χ0) is 14.5. The SMILES string of the molecule is CNC(Cc1ccc(OC)cc1)c1cc(C)cnc1N. The summed E-state index contributed by atoms with van der Waals surface area (Å²) < 4.78 is 5.17. The standard InChI is InChI=1S/C16H21N3O/c1-11-8-14(16(17)19-10-11)15(18-2)9-12-4-6-13(20-3)7-5-12/h4-8,10,15,18H,9H2,1-3H3,(H2,17,19). The van der Waals surface area contributed by atoms with Gasteiger partial charge in [0.15, 0.2) is 0 Å². The predicted octanol–water partition coefficient (Wildman–Crippen LogP) is 2.48. The van der Waals surface area contributed by atoms with Crippen molar-refractivity contribution in [1.29, 1.82) is 0 Å². The van der Waals surface area contributed by atoms with Crippen molar-refractivity contribution in [3.8, 4) is 5.75 Å². The Morgan fingerprint density at radius 1 is 1.30 bits per heavy atom. The van der Waals surface area contributed by atoms with Crippen LogP contribution >= 0.6 is 0 Å². The zero-order valence-electron chi connectivity index (χ0n) is 12.2. The van der Waals surface area contributed by atoms with E-state index in [1.165, 1.54) is 5.56 Å². The highest BCUT2D eigenvalue weighted by molar-refractivity contribution is 5.43. The lowest BCUT2D eigenvalue weighted by Gasteiger charge is -2.18. The Kier molecular flexibility index (Phi) is 4.58. The lowest BCUT2D eigenvalue weighted by Crippen LogP contribution is -2.20. The number of hydrogen-bond donors (Lipinski definition) is 2. The molecule has 1 aromatic carbocycles. The number of nitrogens with zero attached hydrogens (tertiary/aromatic N) is 1. The average Bonchev–Trinajstić information content (AvgIpc) is 2.48. The van der Waals surface area contributed by atoms with Gasteiger partial charge in [0.25, 0.3) is 0 Å². The molecule has 0 radical (unpaired) electrons. The number of ether oxygens (including phenoxy) is 1. The van der Waals surface area contributed by atoms with Gasteiger partial charge in [-0.3, -0.25) is 0 Å². The Balaban J connectivity index is 2.21. The summed E-state index contributed by atoms with van der Waals surface area (Å²) in [6, 6.07) is 10.3. The molecule has 20 heavy (non-hydrogen) atoms. The molecule has 1 heterocycles. The van der Waals surface area contributed by atoms with Gasteiger partial charge in [0, 0.05) is 17.8 Å². The second kappa shape index (κ2) is 6.39. The number of benzene rings is 1. The van der Waals surface area contributed by atoms with E-state index in [4.69, 9.17) is 10.5 Å². The zero-order valence-corrected chi connectivity index (χ0v) is 12.2. The number of nitrogens with one attached hydrogen (secondary N) is 1. The second-order valence-electron chi connectivity index (χ2n) is 4.88. The highest BCUT2D eigenvalue weighted by Gasteiger charge is 2.14. The molecule has 2 rings (SSSR count). The van der Waals surface area contributed by atoms with E-state index >= 15 is 0 Å². The van der Waals surface area contributed by atoms with Crippen LogP contribution in [-0.4, -0.2) is 19.1 Å². The number of aryl methyl sites for hydroxylation is 1. The van der Waals surface area contributed by atoms with E-state index in [0.717, 1.165) is 23.3 Å². The summed E-state index contributed by atoms with van der Waals surface area (Å²) in [4.78, 5) is 4.23. The number of pyridine rings is 1. The molecule has 1 aromatic heterocycles. The van der Waals surface area contributed by atoms with Crippen LogP contribution in [0.3, 0.4) is 0 Å². The largest absolute Gasteiger partial charge is 0.497 e. The van der Waals surface area contributed by atoms with Crippen molar-refractivity contribution in [2.24, 2.45) is 0 Å². The first-order valence-corrected chi connectivity index (χ1v) is 6.66. The van der Waals surface area contributed by atoms with Gasteiger partial charge < -0.3 is 15.8 Å². The van der Waals surface area contributed by atoms with Crippen LogP contribution in [0, 0.1) is 6.92 Å². The Hall–Kier alpha value is -2.07. The molecule has 0 aliphatic rings. The van der Waals surface area contributed by atoms with Gasteiger partial charge in [-0.1, -0.05) is 12.1 Å². The van der Waals surface area contributed by atoms with Gasteiger partial charge in [0.1, 0.15) is 11.6 Å². The third kappa shape index (κ3) is 3.27. The third-order valence-corrected chi connectivity index (χ3v) is 3.41. The molecule has 0 saturated heterocycles. The van der Waals surface area contributed by atoms with Crippen LogP contribution in [0.1, 0.15) is 22.7 Å². The first-order chi connectivity index (χ1) is 9.63. The number of hydrogen-bond acceptors (Lipinski definition) is 4. The molecule has 4 heteroatoms. The van der Waals surface area contributed by atoms with Gasteiger partial charge in [0.05, 0.1) is 7.11 Å². The summed E-state index contributed by atoms with van der Waals surface area (Å²) in [6.45, 7) is 2.02. The Bertz CT molecular complexity index is 566. The average molecular weight is 271 g/mol. The van der Waals surface area contributed by atoms with E-state index in [0.29, 0.717) is 5.82 Å². The summed E-state index contributed by atoms with van der Waals surface area (Å²) >= 11 is 0. The summed E-state index contributed by atoms with van der Waals surface area (Å²) in [5.41, 5.74) is 9.38. The van der Waals surface area contributed by atoms with Crippen LogP contribution in [0.15, 0.2) is 36.5 Å². The van der Waals surface area contributed by atoms with Gasteiger partial charge in [-0.05, 0) is 49.7 Å². The molecule has 1 atom stereocenters. The van der Waals surface area contributed by atoms with Gasteiger partial charge in [-0.15, -0.1) is 0 Å². The third-order valence-electron chi connectivity index (χ3n) is 3.41. The topological polar surface area (TPSA) is 60.2 Å². The molecule has 0 aliphatic heterocycles. The van der Waals surface area contributed by atoms with Gasteiger partial charge in [0.2, 0.25) is 0 Å². The summed E-state index contributed by atoms with van der Waals surface area (Å²) in [7, 11) is 3.61. The van der Waals surface area contributed by atoms with Crippen LogP contribution < -0.4 is 15.8 Å². The molecule has 1 unspecified atom stereocenters. The van der Waals surface area contributed by atoms with E-state index in [-0.39, 0.29) is 6.04 Å². The van der Waals surface area contributed by atoms with Crippen LogP contribution in [0.4, 0.5) is 5.82 Å².